The number of benzene rings is 2. The van der Waals surface area contributed by atoms with E-state index in [1.54, 1.807) is 24.3 Å². The van der Waals surface area contributed by atoms with E-state index < -0.39 is 14.2 Å². The topological polar surface area (TPSA) is 85.9 Å². The Bertz CT molecular complexity index is 811. The van der Waals surface area contributed by atoms with Crippen molar-refractivity contribution in [3.8, 4) is 0 Å². The van der Waals surface area contributed by atoms with Gasteiger partial charge in [0.2, 0.25) is 0 Å². The van der Waals surface area contributed by atoms with Gasteiger partial charge in [0.1, 0.15) is 0 Å². The van der Waals surface area contributed by atoms with E-state index in [4.69, 9.17) is 0 Å². The van der Waals surface area contributed by atoms with Gasteiger partial charge in [0, 0.05) is 28.4 Å². The Kier molecular flexibility index (Phi) is 5.49. The Hall–Kier alpha value is -1.79. The van der Waals surface area contributed by atoms with Gasteiger partial charge >= 0.3 is 14.2 Å². The molecular formula is C18H23B2NO4. The summed E-state index contributed by atoms with van der Waals surface area (Å²) in [7, 11) is -3.06. The van der Waals surface area contributed by atoms with Gasteiger partial charge in [0.05, 0.1) is 0 Å². The van der Waals surface area contributed by atoms with Gasteiger partial charge in [-0.1, -0.05) is 50.5 Å². The van der Waals surface area contributed by atoms with Crippen LogP contribution in [0.3, 0.4) is 0 Å². The molecule has 0 radical (unpaired) electrons. The number of unbranched alkanes of at least 4 members (excludes halogenated alkanes) is 3. The summed E-state index contributed by atoms with van der Waals surface area (Å²) in [5.74, 6) is 0. The number of aromatic nitrogens is 1. The third-order valence-electron chi connectivity index (χ3n) is 4.74. The first-order valence-corrected chi connectivity index (χ1v) is 8.81. The molecule has 0 saturated carbocycles. The molecule has 0 aliphatic carbocycles. The zero-order valence-electron chi connectivity index (χ0n) is 14.4. The quantitative estimate of drug-likeness (QED) is 0.378. The van der Waals surface area contributed by atoms with Gasteiger partial charge < -0.3 is 24.7 Å². The van der Waals surface area contributed by atoms with Crippen LogP contribution in [0.25, 0.3) is 21.8 Å². The highest BCUT2D eigenvalue weighted by molar-refractivity contribution is 6.59. The van der Waals surface area contributed by atoms with Crippen LogP contribution in [-0.2, 0) is 6.54 Å². The molecule has 1 heterocycles. The van der Waals surface area contributed by atoms with E-state index in [9.17, 15) is 20.1 Å². The number of aryl methyl sites for hydroxylation is 1. The highest BCUT2D eigenvalue weighted by Gasteiger charge is 2.18. The predicted octanol–water partition coefficient (Wildman–Crippen LogP) is 0.734. The number of hydrogen-bond acceptors (Lipinski definition) is 4. The van der Waals surface area contributed by atoms with E-state index in [0.717, 1.165) is 34.8 Å². The van der Waals surface area contributed by atoms with Crippen molar-refractivity contribution >= 4 is 47.0 Å². The summed E-state index contributed by atoms with van der Waals surface area (Å²) in [4.78, 5) is 0. The second-order valence-corrected chi connectivity index (χ2v) is 6.51. The van der Waals surface area contributed by atoms with E-state index in [-0.39, 0.29) is 0 Å². The fraction of sp³-hybridized carbons (Fsp3) is 0.333. The van der Waals surface area contributed by atoms with Gasteiger partial charge in [-0.25, -0.2) is 0 Å². The predicted molar refractivity (Wildman–Crippen MR) is 103 cm³/mol. The van der Waals surface area contributed by atoms with Crippen LogP contribution in [0.1, 0.15) is 32.6 Å². The molecule has 0 atom stereocenters. The average Bonchev–Trinajstić information content (AvgIpc) is 2.91. The Labute approximate surface area is 147 Å². The molecule has 0 bridgehead atoms. The van der Waals surface area contributed by atoms with Gasteiger partial charge in [-0.2, -0.15) is 0 Å². The van der Waals surface area contributed by atoms with Gasteiger partial charge in [-0.05, 0) is 29.5 Å². The van der Waals surface area contributed by atoms with Crippen LogP contribution in [0.15, 0.2) is 36.4 Å². The molecule has 1 aromatic heterocycles. The summed E-state index contributed by atoms with van der Waals surface area (Å²) in [5, 5.41) is 39.7. The molecule has 3 aromatic rings. The fourth-order valence-corrected chi connectivity index (χ4v) is 3.40. The Morgan fingerprint density at radius 1 is 0.760 bits per heavy atom. The summed E-state index contributed by atoms with van der Waals surface area (Å²) in [6.07, 6.45) is 4.63. The van der Waals surface area contributed by atoms with Crippen molar-refractivity contribution in [1.82, 2.24) is 4.57 Å². The van der Waals surface area contributed by atoms with Crippen LogP contribution < -0.4 is 10.9 Å². The van der Waals surface area contributed by atoms with Crippen molar-refractivity contribution in [2.24, 2.45) is 0 Å². The average molecular weight is 339 g/mol. The maximum atomic E-state index is 9.47. The summed E-state index contributed by atoms with van der Waals surface area (Å²) in [6.45, 7) is 3.06. The van der Waals surface area contributed by atoms with Crippen LogP contribution in [0, 0.1) is 0 Å². The molecule has 5 nitrogen and oxygen atoms in total. The molecule has 0 fully saturated rings. The number of nitrogens with zero attached hydrogens (tertiary/aromatic N) is 1. The molecule has 2 aromatic carbocycles. The van der Waals surface area contributed by atoms with Crippen molar-refractivity contribution in [3.63, 3.8) is 0 Å². The zero-order valence-corrected chi connectivity index (χ0v) is 14.4. The molecule has 3 rings (SSSR count). The third-order valence-corrected chi connectivity index (χ3v) is 4.74. The Balaban J connectivity index is 2.14. The van der Waals surface area contributed by atoms with Gasteiger partial charge in [0.25, 0.3) is 0 Å². The standard InChI is InChI=1S/C18H23B2NO4/c1-2-3-4-5-10-21-17-8-6-13(19(22)23)11-15(17)16-12-14(20(24)25)7-9-18(16)21/h6-9,11-12,22-25H,2-5,10H2,1H3. The minimum absolute atomic E-state index is 0.424. The number of rotatable bonds is 7. The number of hydrogen-bond donors (Lipinski definition) is 4. The largest absolute Gasteiger partial charge is 0.488 e. The maximum absolute atomic E-state index is 9.47. The van der Waals surface area contributed by atoms with Crippen LogP contribution in [0.4, 0.5) is 0 Å². The summed E-state index contributed by atoms with van der Waals surface area (Å²) >= 11 is 0. The van der Waals surface area contributed by atoms with Crippen molar-refractivity contribution < 1.29 is 20.1 Å². The monoisotopic (exact) mass is 339 g/mol. The van der Waals surface area contributed by atoms with E-state index in [2.05, 4.69) is 11.5 Å². The lowest BCUT2D eigenvalue weighted by atomic mass is 9.78. The summed E-state index contributed by atoms with van der Waals surface area (Å²) in [6, 6.07) is 10.8. The van der Waals surface area contributed by atoms with Gasteiger partial charge in [0.15, 0.2) is 0 Å². The van der Waals surface area contributed by atoms with Crippen molar-refractivity contribution in [1.29, 1.82) is 0 Å². The SMILES string of the molecule is CCCCCCn1c2ccc(B(O)O)cc2c2cc(B(O)O)ccc21. The first-order chi connectivity index (χ1) is 12.0. The Morgan fingerprint density at radius 3 is 1.72 bits per heavy atom. The number of fused-ring (bicyclic) bond motifs is 3. The zero-order chi connectivity index (χ0) is 18.0. The Morgan fingerprint density at radius 2 is 1.28 bits per heavy atom. The van der Waals surface area contributed by atoms with Crippen LogP contribution in [-0.4, -0.2) is 38.9 Å². The molecule has 25 heavy (non-hydrogen) atoms. The van der Waals surface area contributed by atoms with Gasteiger partial charge in [-0.15, -0.1) is 0 Å². The lowest BCUT2D eigenvalue weighted by Gasteiger charge is -2.08. The molecule has 130 valence electrons. The third kappa shape index (κ3) is 3.60. The highest BCUT2D eigenvalue weighted by Crippen LogP contribution is 2.28. The van der Waals surface area contributed by atoms with E-state index >= 15 is 0 Å². The van der Waals surface area contributed by atoms with Crippen molar-refractivity contribution in [3.05, 3.63) is 36.4 Å². The molecule has 0 aliphatic heterocycles. The summed E-state index contributed by atoms with van der Waals surface area (Å²) in [5.41, 5.74) is 2.88. The van der Waals surface area contributed by atoms with Crippen molar-refractivity contribution in [2.75, 3.05) is 0 Å². The molecule has 0 saturated heterocycles. The second kappa shape index (κ2) is 7.62. The van der Waals surface area contributed by atoms with Crippen LogP contribution >= 0.6 is 0 Å². The molecule has 0 unspecified atom stereocenters. The van der Waals surface area contributed by atoms with Crippen LogP contribution in [0.2, 0.25) is 0 Å². The molecule has 0 aliphatic rings. The lowest BCUT2D eigenvalue weighted by molar-refractivity contribution is 0.424. The summed E-state index contributed by atoms with van der Waals surface area (Å²) < 4.78 is 2.22. The molecule has 7 heteroatoms. The van der Waals surface area contributed by atoms with E-state index in [0.29, 0.717) is 10.9 Å². The van der Waals surface area contributed by atoms with Gasteiger partial charge in [-0.3, -0.25) is 0 Å². The van der Waals surface area contributed by atoms with Crippen LogP contribution in [0.5, 0.6) is 0 Å². The first-order valence-electron chi connectivity index (χ1n) is 8.81. The lowest BCUT2D eigenvalue weighted by Crippen LogP contribution is -2.29. The molecule has 0 spiro atoms. The smallest absolute Gasteiger partial charge is 0.423 e. The van der Waals surface area contributed by atoms with E-state index in [1.807, 2.05) is 12.1 Å². The molecule has 4 N–H and O–H groups in total. The first kappa shape index (κ1) is 18.0. The molecular weight excluding hydrogens is 316 g/mol. The van der Waals surface area contributed by atoms with Crippen molar-refractivity contribution in [2.45, 2.75) is 39.2 Å². The minimum Gasteiger partial charge on any atom is -0.423 e. The fourth-order valence-electron chi connectivity index (χ4n) is 3.40. The maximum Gasteiger partial charge on any atom is 0.488 e. The molecule has 0 amide bonds. The second-order valence-electron chi connectivity index (χ2n) is 6.51. The van der Waals surface area contributed by atoms with E-state index in [1.165, 1.54) is 19.3 Å². The normalized spacial score (nSPS) is 11.4. The highest BCUT2D eigenvalue weighted by atomic mass is 16.4. The minimum atomic E-state index is -1.53.